The predicted molar refractivity (Wildman–Crippen MR) is 113 cm³/mol. The zero-order valence-electron chi connectivity index (χ0n) is 17.0. The number of rotatable bonds is 12. The van der Waals surface area contributed by atoms with Crippen molar-refractivity contribution < 1.29 is 8.85 Å². The van der Waals surface area contributed by atoms with E-state index < -0.39 is 17.4 Å². The van der Waals surface area contributed by atoms with Crippen molar-refractivity contribution >= 4 is 30.0 Å². The van der Waals surface area contributed by atoms with Crippen molar-refractivity contribution in [1.82, 2.24) is 0 Å². The van der Waals surface area contributed by atoms with Crippen molar-refractivity contribution in [2.45, 2.75) is 96.8 Å². The lowest BCUT2D eigenvalue weighted by Gasteiger charge is -2.50. The van der Waals surface area contributed by atoms with Gasteiger partial charge in [-0.2, -0.15) is 12.6 Å². The molecule has 5 heteroatoms. The van der Waals surface area contributed by atoms with Crippen LogP contribution in [-0.2, 0) is 8.85 Å². The molecule has 0 spiro atoms. The number of hydrogen-bond acceptors (Lipinski definition) is 3. The summed E-state index contributed by atoms with van der Waals surface area (Å²) in [6.07, 6.45) is 3.21. The Labute approximate surface area is 154 Å². The van der Waals surface area contributed by atoms with Crippen LogP contribution in [0.15, 0.2) is 0 Å². The van der Waals surface area contributed by atoms with Crippen molar-refractivity contribution in [3.63, 3.8) is 0 Å². The molecule has 0 aromatic rings. The molecule has 0 N–H and O–H groups in total. The van der Waals surface area contributed by atoms with Crippen LogP contribution in [0.5, 0.6) is 0 Å². The highest BCUT2D eigenvalue weighted by Crippen LogP contribution is 2.46. The smallest absolute Gasteiger partial charge is 0.334 e. The Hall–Kier alpha value is 0.704. The molecule has 0 aliphatic carbocycles. The van der Waals surface area contributed by atoms with Gasteiger partial charge in [-0.1, -0.05) is 73.5 Å². The van der Waals surface area contributed by atoms with Gasteiger partial charge in [0, 0.05) is 17.2 Å². The van der Waals surface area contributed by atoms with Crippen molar-refractivity contribution in [1.29, 1.82) is 0 Å². The minimum atomic E-state index is -1.85. The molecule has 0 aliphatic heterocycles. The Kier molecular flexibility index (Phi) is 11.0. The van der Waals surface area contributed by atoms with E-state index in [1.807, 2.05) is 0 Å². The molecule has 0 saturated heterocycles. The van der Waals surface area contributed by atoms with Crippen LogP contribution >= 0.6 is 12.6 Å². The van der Waals surface area contributed by atoms with Crippen LogP contribution in [0.3, 0.4) is 0 Å². The Bertz CT molecular complexity index is 300. The van der Waals surface area contributed by atoms with E-state index in [0.717, 1.165) is 32.5 Å². The molecule has 0 aromatic heterocycles. The van der Waals surface area contributed by atoms with E-state index in [-0.39, 0.29) is 9.41 Å². The zero-order chi connectivity index (χ0) is 18.1. The average molecular weight is 379 g/mol. The van der Waals surface area contributed by atoms with E-state index in [4.69, 9.17) is 21.5 Å². The molecule has 0 bridgehead atoms. The van der Waals surface area contributed by atoms with Crippen molar-refractivity contribution in [2.75, 3.05) is 13.2 Å². The quantitative estimate of drug-likeness (QED) is 0.344. The van der Waals surface area contributed by atoms with E-state index in [1.165, 1.54) is 18.1 Å². The minimum absolute atomic E-state index is 0.00611. The van der Waals surface area contributed by atoms with Crippen molar-refractivity contribution in [3.8, 4) is 0 Å². The normalized spacial score (nSPS) is 15.9. The molecule has 0 fully saturated rings. The Balaban J connectivity index is 5.83. The topological polar surface area (TPSA) is 18.5 Å². The Morgan fingerprint density at radius 2 is 1.22 bits per heavy atom. The van der Waals surface area contributed by atoms with E-state index in [0.29, 0.717) is 0 Å². The molecule has 0 amide bonds. The molecule has 2 nitrogen and oxygen atoms in total. The summed E-state index contributed by atoms with van der Waals surface area (Å²) in [7, 11) is -3.42. The molecule has 0 unspecified atom stereocenters. The zero-order valence-corrected chi connectivity index (χ0v) is 20.0. The fourth-order valence-corrected chi connectivity index (χ4v) is 17.0. The third-order valence-electron chi connectivity index (χ3n) is 5.09. The lowest BCUT2D eigenvalue weighted by Crippen LogP contribution is -2.65. The monoisotopic (exact) mass is 378 g/mol. The van der Waals surface area contributed by atoms with Crippen LogP contribution in [-0.4, -0.2) is 34.6 Å². The maximum absolute atomic E-state index is 6.39. The SMILES string of the molecule is CCCO[SiH](OCCC)[C@](S)(CC(C)(C)C)[Si](CC)(CC)CC. The first-order valence-electron chi connectivity index (χ1n) is 9.61. The highest BCUT2D eigenvalue weighted by Gasteiger charge is 2.56. The molecule has 140 valence electrons. The molecule has 0 aromatic carbocycles. The Morgan fingerprint density at radius 3 is 1.48 bits per heavy atom. The molecule has 0 heterocycles. The summed E-state index contributed by atoms with van der Waals surface area (Å²) in [5.41, 5.74) is 0.246. The first kappa shape index (κ1) is 23.7. The molecule has 0 rings (SSSR count). The molecular formula is C18H42O2SSi2. The van der Waals surface area contributed by atoms with Gasteiger partial charge in [0.05, 0.1) is 8.07 Å². The van der Waals surface area contributed by atoms with E-state index in [9.17, 15) is 0 Å². The van der Waals surface area contributed by atoms with Crippen LogP contribution in [0.25, 0.3) is 0 Å². The summed E-state index contributed by atoms with van der Waals surface area (Å²) in [6.45, 7) is 20.1. The van der Waals surface area contributed by atoms with Gasteiger partial charge in [-0.15, -0.1) is 0 Å². The van der Waals surface area contributed by atoms with Crippen LogP contribution in [0, 0.1) is 5.41 Å². The van der Waals surface area contributed by atoms with Gasteiger partial charge in [-0.05, 0) is 24.7 Å². The van der Waals surface area contributed by atoms with Gasteiger partial charge in [-0.25, -0.2) is 0 Å². The molecule has 23 heavy (non-hydrogen) atoms. The molecule has 0 radical (unpaired) electrons. The number of thiol groups is 1. The van der Waals surface area contributed by atoms with Crippen LogP contribution in [0.2, 0.25) is 18.1 Å². The maximum Gasteiger partial charge on any atom is 0.334 e. The van der Waals surface area contributed by atoms with E-state index in [2.05, 4.69) is 55.4 Å². The third kappa shape index (κ3) is 6.50. The summed E-state index contributed by atoms with van der Waals surface area (Å²) < 4.78 is 12.8. The van der Waals surface area contributed by atoms with E-state index in [1.54, 1.807) is 0 Å². The highest BCUT2D eigenvalue weighted by atomic mass is 32.1. The van der Waals surface area contributed by atoms with Crippen LogP contribution in [0.1, 0.15) is 74.7 Å². The standard InChI is InChI=1S/C18H42O2SSi2/c1-9-14-19-22(20-15-10-2)18(21,16-17(6,7)8)23(11-3,12-4)13-5/h21-22H,9-16H2,1-8H3/t18-/m1/s1. The Morgan fingerprint density at radius 1 is 0.826 bits per heavy atom. The molecule has 0 saturated carbocycles. The largest absolute Gasteiger partial charge is 0.396 e. The second-order valence-electron chi connectivity index (χ2n) is 8.08. The van der Waals surface area contributed by atoms with Gasteiger partial charge < -0.3 is 8.85 Å². The van der Waals surface area contributed by atoms with Crippen molar-refractivity contribution in [2.24, 2.45) is 5.41 Å². The second-order valence-corrected chi connectivity index (χ2v) is 18.2. The van der Waals surface area contributed by atoms with E-state index >= 15 is 0 Å². The third-order valence-corrected chi connectivity index (χ3v) is 18.0. The lowest BCUT2D eigenvalue weighted by molar-refractivity contribution is 0.184. The first-order chi connectivity index (χ1) is 10.7. The molecule has 0 aliphatic rings. The van der Waals surface area contributed by atoms with Gasteiger partial charge in [0.1, 0.15) is 0 Å². The fourth-order valence-electron chi connectivity index (χ4n) is 3.77. The highest BCUT2D eigenvalue weighted by molar-refractivity contribution is 7.86. The summed E-state index contributed by atoms with van der Waals surface area (Å²) in [5.74, 6) is 0. The first-order valence-corrected chi connectivity index (χ1v) is 14.2. The summed E-state index contributed by atoms with van der Waals surface area (Å²) in [4.78, 5) is 0. The minimum Gasteiger partial charge on any atom is -0.396 e. The molecular weight excluding hydrogens is 336 g/mol. The second kappa shape index (κ2) is 10.6. The fraction of sp³-hybridized carbons (Fsp3) is 1.00. The van der Waals surface area contributed by atoms with Gasteiger partial charge in [-0.3, -0.25) is 0 Å². The predicted octanol–water partition coefficient (Wildman–Crippen LogP) is 5.75. The van der Waals surface area contributed by atoms with Gasteiger partial charge in [0.25, 0.3) is 0 Å². The van der Waals surface area contributed by atoms with Gasteiger partial charge >= 0.3 is 9.28 Å². The summed E-state index contributed by atoms with van der Waals surface area (Å²) >= 11 is 5.45. The lowest BCUT2D eigenvalue weighted by atomic mass is 9.93. The van der Waals surface area contributed by atoms with Gasteiger partial charge in [0.15, 0.2) is 0 Å². The van der Waals surface area contributed by atoms with Crippen LogP contribution < -0.4 is 0 Å². The summed E-state index contributed by atoms with van der Waals surface area (Å²) in [5, 5.41) is 0. The maximum atomic E-state index is 6.39. The van der Waals surface area contributed by atoms with Crippen LogP contribution in [0.4, 0.5) is 0 Å². The van der Waals surface area contributed by atoms with Crippen molar-refractivity contribution in [3.05, 3.63) is 0 Å². The molecule has 1 atom stereocenters. The number of hydrogen-bond donors (Lipinski definition) is 1. The summed E-state index contributed by atoms with van der Waals surface area (Å²) in [6, 6.07) is 3.82. The average Bonchev–Trinajstić information content (AvgIpc) is 2.47. The van der Waals surface area contributed by atoms with Gasteiger partial charge in [0.2, 0.25) is 0 Å².